The van der Waals surface area contributed by atoms with Crippen LogP contribution in [0.2, 0.25) is 0 Å². The Bertz CT molecular complexity index is 384. The van der Waals surface area contributed by atoms with E-state index >= 15 is 0 Å². The summed E-state index contributed by atoms with van der Waals surface area (Å²) in [6.45, 7) is 2.66. The number of methoxy groups -OCH3 is 1. The molecule has 0 radical (unpaired) electrons. The standard InChI is InChI=1S/C13H17NO2/c1-3-16-7-6-11-9-14-13(15-2)8-12(11)10-4-5-10/h6-10H,3-5H2,1-2H3/b7-6+. The van der Waals surface area contributed by atoms with Crippen LogP contribution in [-0.2, 0) is 4.74 Å². The molecule has 1 aromatic rings. The number of pyridine rings is 1. The van der Waals surface area contributed by atoms with Crippen molar-refractivity contribution in [1.82, 2.24) is 4.98 Å². The van der Waals surface area contributed by atoms with Gasteiger partial charge in [0.05, 0.1) is 20.0 Å². The molecule has 1 aromatic heterocycles. The maximum absolute atomic E-state index is 5.21. The van der Waals surface area contributed by atoms with Crippen molar-refractivity contribution in [3.63, 3.8) is 0 Å². The van der Waals surface area contributed by atoms with Crippen molar-refractivity contribution in [2.45, 2.75) is 25.7 Å². The van der Waals surface area contributed by atoms with Gasteiger partial charge in [0.25, 0.3) is 0 Å². The molecular formula is C13H17NO2. The van der Waals surface area contributed by atoms with E-state index in [2.05, 4.69) is 4.98 Å². The normalized spacial score (nSPS) is 15.4. The largest absolute Gasteiger partial charge is 0.501 e. The number of nitrogens with zero attached hydrogens (tertiary/aromatic N) is 1. The average molecular weight is 219 g/mol. The summed E-state index contributed by atoms with van der Waals surface area (Å²) >= 11 is 0. The molecule has 3 nitrogen and oxygen atoms in total. The Labute approximate surface area is 96.1 Å². The molecule has 0 saturated heterocycles. The van der Waals surface area contributed by atoms with Crippen LogP contribution in [0, 0.1) is 0 Å². The van der Waals surface area contributed by atoms with Gasteiger partial charge < -0.3 is 9.47 Å². The molecule has 1 heterocycles. The molecule has 0 unspecified atom stereocenters. The summed E-state index contributed by atoms with van der Waals surface area (Å²) in [5, 5.41) is 0. The smallest absolute Gasteiger partial charge is 0.213 e. The van der Waals surface area contributed by atoms with E-state index < -0.39 is 0 Å². The Kier molecular flexibility index (Phi) is 3.44. The first-order valence-corrected chi connectivity index (χ1v) is 5.67. The summed E-state index contributed by atoms with van der Waals surface area (Å²) in [6.07, 6.45) is 8.09. The first kappa shape index (κ1) is 11.0. The molecule has 0 aliphatic heterocycles. The molecule has 0 aromatic carbocycles. The van der Waals surface area contributed by atoms with Gasteiger partial charge in [-0.3, -0.25) is 0 Å². The van der Waals surface area contributed by atoms with Crippen molar-refractivity contribution in [3.05, 3.63) is 29.7 Å². The quantitative estimate of drug-likeness (QED) is 0.713. The fourth-order valence-corrected chi connectivity index (χ4v) is 1.68. The number of ether oxygens (including phenoxy) is 2. The Hall–Kier alpha value is -1.51. The zero-order valence-corrected chi connectivity index (χ0v) is 9.77. The summed E-state index contributed by atoms with van der Waals surface area (Å²) in [5.74, 6) is 1.37. The Morgan fingerprint density at radius 1 is 1.50 bits per heavy atom. The predicted octanol–water partition coefficient (Wildman–Crippen LogP) is 2.97. The third-order valence-corrected chi connectivity index (χ3v) is 2.68. The number of aromatic nitrogens is 1. The van der Waals surface area contributed by atoms with E-state index in [9.17, 15) is 0 Å². The molecular weight excluding hydrogens is 202 g/mol. The molecule has 1 aliphatic carbocycles. The second kappa shape index (κ2) is 5.01. The molecule has 86 valence electrons. The van der Waals surface area contributed by atoms with Gasteiger partial charge in [-0.15, -0.1) is 0 Å². The minimum Gasteiger partial charge on any atom is -0.501 e. The van der Waals surface area contributed by atoms with Crippen molar-refractivity contribution < 1.29 is 9.47 Å². The van der Waals surface area contributed by atoms with Crippen molar-refractivity contribution in [2.24, 2.45) is 0 Å². The van der Waals surface area contributed by atoms with Gasteiger partial charge in [-0.2, -0.15) is 0 Å². The van der Waals surface area contributed by atoms with E-state index in [4.69, 9.17) is 9.47 Å². The minimum atomic E-state index is 0.679. The molecule has 1 fully saturated rings. The SMILES string of the molecule is CCO/C=C/c1cnc(OC)cc1C1CC1. The van der Waals surface area contributed by atoms with Gasteiger partial charge in [0, 0.05) is 12.3 Å². The molecule has 3 heteroatoms. The molecule has 2 rings (SSSR count). The average Bonchev–Trinajstić information content (AvgIpc) is 3.14. The van der Waals surface area contributed by atoms with Crippen LogP contribution in [0.1, 0.15) is 36.8 Å². The van der Waals surface area contributed by atoms with Crippen LogP contribution < -0.4 is 4.74 Å². The molecule has 0 spiro atoms. The van der Waals surface area contributed by atoms with Crippen LogP contribution in [0.5, 0.6) is 5.88 Å². The highest BCUT2D eigenvalue weighted by atomic mass is 16.5. The summed E-state index contributed by atoms with van der Waals surface area (Å²) in [5.41, 5.74) is 2.46. The molecule has 0 atom stereocenters. The molecule has 1 aliphatic rings. The summed E-state index contributed by atoms with van der Waals surface area (Å²) in [7, 11) is 1.65. The van der Waals surface area contributed by atoms with E-state index in [1.54, 1.807) is 13.4 Å². The third-order valence-electron chi connectivity index (χ3n) is 2.68. The molecule has 0 amide bonds. The summed E-state index contributed by atoms with van der Waals surface area (Å²) in [4.78, 5) is 4.22. The Morgan fingerprint density at radius 3 is 2.94 bits per heavy atom. The van der Waals surface area contributed by atoms with Gasteiger partial charge in [0.1, 0.15) is 0 Å². The first-order chi connectivity index (χ1) is 7.85. The number of hydrogen-bond acceptors (Lipinski definition) is 3. The zero-order chi connectivity index (χ0) is 11.4. The number of hydrogen-bond donors (Lipinski definition) is 0. The van der Waals surface area contributed by atoms with E-state index in [1.807, 2.05) is 25.3 Å². The number of rotatable bonds is 5. The lowest BCUT2D eigenvalue weighted by Crippen LogP contribution is -1.93. The van der Waals surface area contributed by atoms with Crippen molar-refractivity contribution in [1.29, 1.82) is 0 Å². The maximum atomic E-state index is 5.21. The Balaban J connectivity index is 2.22. The minimum absolute atomic E-state index is 0.679. The Morgan fingerprint density at radius 2 is 2.31 bits per heavy atom. The second-order valence-corrected chi connectivity index (χ2v) is 3.89. The predicted molar refractivity (Wildman–Crippen MR) is 63.4 cm³/mol. The van der Waals surface area contributed by atoms with E-state index in [1.165, 1.54) is 18.4 Å². The van der Waals surface area contributed by atoms with Crippen molar-refractivity contribution >= 4 is 6.08 Å². The first-order valence-electron chi connectivity index (χ1n) is 5.67. The van der Waals surface area contributed by atoms with Gasteiger partial charge in [-0.25, -0.2) is 4.98 Å². The zero-order valence-electron chi connectivity index (χ0n) is 9.77. The lowest BCUT2D eigenvalue weighted by molar-refractivity contribution is 0.272. The fourth-order valence-electron chi connectivity index (χ4n) is 1.68. The third kappa shape index (κ3) is 2.54. The lowest BCUT2D eigenvalue weighted by Gasteiger charge is -2.06. The van der Waals surface area contributed by atoms with E-state index in [0.717, 1.165) is 5.56 Å². The van der Waals surface area contributed by atoms with E-state index in [0.29, 0.717) is 18.4 Å². The van der Waals surface area contributed by atoms with Gasteiger partial charge in [0.15, 0.2) is 0 Å². The highest BCUT2D eigenvalue weighted by Gasteiger charge is 2.26. The van der Waals surface area contributed by atoms with Crippen molar-refractivity contribution in [2.75, 3.05) is 13.7 Å². The van der Waals surface area contributed by atoms with Gasteiger partial charge in [-0.1, -0.05) is 0 Å². The topological polar surface area (TPSA) is 31.4 Å². The van der Waals surface area contributed by atoms with Gasteiger partial charge in [0.2, 0.25) is 5.88 Å². The maximum Gasteiger partial charge on any atom is 0.213 e. The lowest BCUT2D eigenvalue weighted by atomic mass is 10.1. The van der Waals surface area contributed by atoms with Crippen molar-refractivity contribution in [3.8, 4) is 5.88 Å². The van der Waals surface area contributed by atoms with Crippen LogP contribution >= 0.6 is 0 Å². The highest BCUT2D eigenvalue weighted by Crippen LogP contribution is 2.42. The molecule has 0 N–H and O–H groups in total. The highest BCUT2D eigenvalue weighted by molar-refractivity contribution is 5.54. The fraction of sp³-hybridized carbons (Fsp3) is 0.462. The monoisotopic (exact) mass is 219 g/mol. The molecule has 0 bridgehead atoms. The second-order valence-electron chi connectivity index (χ2n) is 3.89. The molecule has 1 saturated carbocycles. The van der Waals surface area contributed by atoms with Crippen LogP contribution in [0.15, 0.2) is 18.5 Å². The van der Waals surface area contributed by atoms with Gasteiger partial charge >= 0.3 is 0 Å². The van der Waals surface area contributed by atoms with E-state index in [-0.39, 0.29) is 0 Å². The van der Waals surface area contributed by atoms with Gasteiger partial charge in [-0.05, 0) is 42.9 Å². The molecule has 16 heavy (non-hydrogen) atoms. The van der Waals surface area contributed by atoms with Crippen LogP contribution in [0.3, 0.4) is 0 Å². The summed E-state index contributed by atoms with van der Waals surface area (Å²) in [6, 6.07) is 2.03. The van der Waals surface area contributed by atoms with Crippen LogP contribution in [0.25, 0.3) is 6.08 Å². The van der Waals surface area contributed by atoms with Crippen LogP contribution in [0.4, 0.5) is 0 Å². The van der Waals surface area contributed by atoms with Crippen LogP contribution in [-0.4, -0.2) is 18.7 Å². The summed E-state index contributed by atoms with van der Waals surface area (Å²) < 4.78 is 10.4.